The molecule has 1 heterocycles. The highest BCUT2D eigenvalue weighted by atomic mass is 35.5. The predicted octanol–water partition coefficient (Wildman–Crippen LogP) is 3.32. The predicted molar refractivity (Wildman–Crippen MR) is 76.1 cm³/mol. The van der Waals surface area contributed by atoms with Crippen LogP contribution in [0.2, 0.25) is 15.1 Å². The third-order valence-electron chi connectivity index (χ3n) is 2.18. The average molecular weight is 334 g/mol. The SMILES string of the molecule is N/C(=N/O)c1ccnc(Oc2cc(Cl)c(Cl)cc2Cl)n1. The largest absolute Gasteiger partial charge is 0.423 e. The minimum Gasteiger partial charge on any atom is -0.423 e. The zero-order valence-electron chi connectivity index (χ0n) is 9.72. The van der Waals surface area contributed by atoms with E-state index in [1.165, 1.54) is 24.4 Å². The first-order chi connectivity index (χ1) is 9.51. The van der Waals surface area contributed by atoms with Crippen LogP contribution in [0, 0.1) is 0 Å². The molecule has 3 N–H and O–H groups in total. The molecule has 2 rings (SSSR count). The van der Waals surface area contributed by atoms with E-state index >= 15 is 0 Å². The highest BCUT2D eigenvalue weighted by molar-refractivity contribution is 6.43. The van der Waals surface area contributed by atoms with Crippen molar-refractivity contribution in [3.8, 4) is 11.8 Å². The molecule has 1 aromatic heterocycles. The number of halogens is 3. The van der Waals surface area contributed by atoms with E-state index in [0.29, 0.717) is 5.02 Å². The number of aromatic nitrogens is 2. The van der Waals surface area contributed by atoms with Gasteiger partial charge in [0.15, 0.2) is 11.6 Å². The first-order valence-electron chi connectivity index (χ1n) is 5.14. The van der Waals surface area contributed by atoms with Crippen molar-refractivity contribution < 1.29 is 9.94 Å². The molecule has 9 heteroatoms. The molecule has 0 amide bonds. The van der Waals surface area contributed by atoms with Gasteiger partial charge in [0.05, 0.1) is 15.1 Å². The third kappa shape index (κ3) is 3.22. The molecule has 0 radical (unpaired) electrons. The van der Waals surface area contributed by atoms with Crippen molar-refractivity contribution in [1.82, 2.24) is 9.97 Å². The Morgan fingerprint density at radius 1 is 1.20 bits per heavy atom. The number of amidine groups is 1. The first-order valence-corrected chi connectivity index (χ1v) is 6.28. The number of hydrogen-bond acceptors (Lipinski definition) is 5. The molecule has 0 atom stereocenters. The van der Waals surface area contributed by atoms with Crippen LogP contribution in [0.5, 0.6) is 11.8 Å². The fourth-order valence-electron chi connectivity index (χ4n) is 1.26. The molecule has 0 bridgehead atoms. The maximum atomic E-state index is 8.59. The van der Waals surface area contributed by atoms with Crippen LogP contribution in [0.1, 0.15) is 5.69 Å². The summed E-state index contributed by atoms with van der Waals surface area (Å²) in [5, 5.41) is 12.2. The molecular weight excluding hydrogens is 327 g/mol. The van der Waals surface area contributed by atoms with E-state index in [1.54, 1.807) is 0 Å². The van der Waals surface area contributed by atoms with E-state index in [-0.39, 0.29) is 33.3 Å². The van der Waals surface area contributed by atoms with Crippen molar-refractivity contribution in [1.29, 1.82) is 0 Å². The first kappa shape index (κ1) is 14.6. The summed E-state index contributed by atoms with van der Waals surface area (Å²) in [7, 11) is 0. The number of hydrogen-bond donors (Lipinski definition) is 2. The van der Waals surface area contributed by atoms with Gasteiger partial charge < -0.3 is 15.7 Å². The van der Waals surface area contributed by atoms with Crippen molar-refractivity contribution in [3.05, 3.63) is 45.2 Å². The lowest BCUT2D eigenvalue weighted by molar-refractivity contribution is 0.318. The lowest BCUT2D eigenvalue weighted by Crippen LogP contribution is -2.15. The van der Waals surface area contributed by atoms with E-state index in [4.69, 9.17) is 50.5 Å². The zero-order valence-corrected chi connectivity index (χ0v) is 12.0. The molecule has 0 aliphatic heterocycles. The Hall–Kier alpha value is -1.76. The van der Waals surface area contributed by atoms with Crippen LogP contribution in [0.3, 0.4) is 0 Å². The molecule has 0 saturated heterocycles. The lowest BCUT2D eigenvalue weighted by atomic mass is 10.3. The minimum atomic E-state index is -0.169. The van der Waals surface area contributed by atoms with Crippen molar-refractivity contribution in [3.63, 3.8) is 0 Å². The summed E-state index contributed by atoms with van der Waals surface area (Å²) in [6.07, 6.45) is 1.39. The molecule has 6 nitrogen and oxygen atoms in total. The number of rotatable bonds is 3. The quantitative estimate of drug-likeness (QED) is 0.295. The Morgan fingerprint density at radius 3 is 2.60 bits per heavy atom. The van der Waals surface area contributed by atoms with Gasteiger partial charge in [0.2, 0.25) is 0 Å². The van der Waals surface area contributed by atoms with Crippen molar-refractivity contribution >= 4 is 40.6 Å². The molecule has 20 heavy (non-hydrogen) atoms. The normalized spacial score (nSPS) is 11.4. The van der Waals surface area contributed by atoms with Gasteiger partial charge in [-0.25, -0.2) is 4.98 Å². The van der Waals surface area contributed by atoms with Crippen molar-refractivity contribution in [2.24, 2.45) is 10.9 Å². The number of ether oxygens (including phenoxy) is 1. The van der Waals surface area contributed by atoms with Crippen LogP contribution in [0.15, 0.2) is 29.6 Å². The third-order valence-corrected chi connectivity index (χ3v) is 3.20. The molecule has 1 aromatic carbocycles. The Balaban J connectivity index is 2.33. The summed E-state index contributed by atoms with van der Waals surface area (Å²) in [6.45, 7) is 0. The van der Waals surface area contributed by atoms with Crippen LogP contribution in [-0.4, -0.2) is 21.0 Å². The second kappa shape index (κ2) is 6.13. The van der Waals surface area contributed by atoms with Gasteiger partial charge in [0, 0.05) is 12.3 Å². The number of benzene rings is 1. The number of nitrogens with zero attached hydrogens (tertiary/aromatic N) is 3. The number of nitrogens with two attached hydrogens (primary N) is 1. The molecule has 0 spiro atoms. The van der Waals surface area contributed by atoms with Gasteiger partial charge in [-0.3, -0.25) is 0 Å². The smallest absolute Gasteiger partial charge is 0.322 e. The van der Waals surface area contributed by atoms with E-state index in [1.807, 2.05) is 0 Å². The summed E-state index contributed by atoms with van der Waals surface area (Å²) >= 11 is 17.7. The van der Waals surface area contributed by atoms with E-state index < -0.39 is 0 Å². The zero-order chi connectivity index (χ0) is 14.7. The van der Waals surface area contributed by atoms with Crippen LogP contribution < -0.4 is 10.5 Å². The molecule has 0 aliphatic carbocycles. The summed E-state index contributed by atoms with van der Waals surface area (Å²) in [5.41, 5.74) is 5.62. The monoisotopic (exact) mass is 332 g/mol. The topological polar surface area (TPSA) is 93.6 Å². The molecule has 2 aromatic rings. The van der Waals surface area contributed by atoms with E-state index in [2.05, 4.69) is 15.1 Å². The Kier molecular flexibility index (Phi) is 4.49. The Morgan fingerprint density at radius 2 is 1.90 bits per heavy atom. The molecule has 0 unspecified atom stereocenters. The summed E-state index contributed by atoms with van der Waals surface area (Å²) in [4.78, 5) is 7.83. The van der Waals surface area contributed by atoms with Gasteiger partial charge >= 0.3 is 6.01 Å². The van der Waals surface area contributed by atoms with Crippen LogP contribution in [0.25, 0.3) is 0 Å². The Bertz CT molecular complexity index is 679. The second-order valence-corrected chi connectivity index (χ2v) is 4.73. The highest BCUT2D eigenvalue weighted by Gasteiger charge is 2.11. The average Bonchev–Trinajstić information content (AvgIpc) is 2.44. The van der Waals surface area contributed by atoms with Gasteiger partial charge in [-0.15, -0.1) is 0 Å². The second-order valence-electron chi connectivity index (χ2n) is 3.51. The van der Waals surface area contributed by atoms with E-state index in [9.17, 15) is 0 Å². The minimum absolute atomic E-state index is 0.0330. The van der Waals surface area contributed by atoms with Crippen molar-refractivity contribution in [2.45, 2.75) is 0 Å². The fraction of sp³-hybridized carbons (Fsp3) is 0. The van der Waals surface area contributed by atoms with Gasteiger partial charge in [0.1, 0.15) is 5.69 Å². The van der Waals surface area contributed by atoms with E-state index in [0.717, 1.165) is 0 Å². The molecule has 0 aliphatic rings. The molecule has 0 saturated carbocycles. The van der Waals surface area contributed by atoms with Crippen LogP contribution in [0.4, 0.5) is 0 Å². The molecular formula is C11H7Cl3N4O2. The van der Waals surface area contributed by atoms with Gasteiger partial charge in [-0.05, 0) is 12.1 Å². The van der Waals surface area contributed by atoms with Gasteiger partial charge in [-0.2, -0.15) is 4.98 Å². The molecule has 104 valence electrons. The maximum Gasteiger partial charge on any atom is 0.322 e. The maximum absolute atomic E-state index is 8.59. The van der Waals surface area contributed by atoms with Gasteiger partial charge in [-0.1, -0.05) is 40.0 Å². The van der Waals surface area contributed by atoms with Crippen molar-refractivity contribution in [2.75, 3.05) is 0 Å². The van der Waals surface area contributed by atoms with Crippen LogP contribution >= 0.6 is 34.8 Å². The lowest BCUT2D eigenvalue weighted by Gasteiger charge is -2.07. The van der Waals surface area contributed by atoms with Crippen LogP contribution in [-0.2, 0) is 0 Å². The Labute approximate surface area is 128 Å². The summed E-state index contributed by atoms with van der Waals surface area (Å²) < 4.78 is 5.39. The van der Waals surface area contributed by atoms with Gasteiger partial charge in [0.25, 0.3) is 0 Å². The summed E-state index contributed by atoms with van der Waals surface area (Å²) in [6, 6.07) is 4.30. The standard InChI is InChI=1S/C11H7Cl3N4O2/c12-5-3-7(14)9(4-6(5)13)20-11-16-2-1-8(17-11)10(15)18-19/h1-4,19H,(H2,15,18). The summed E-state index contributed by atoms with van der Waals surface area (Å²) in [5.74, 6) is 0.0650. The fourth-order valence-corrected chi connectivity index (χ4v) is 1.84. The highest BCUT2D eigenvalue weighted by Crippen LogP contribution is 2.35. The molecule has 0 fully saturated rings. The number of oxime groups is 1.